The molecule has 1 N–H and O–H groups in total. The molecule has 0 fully saturated rings. The molecule has 1 aliphatic rings. The van der Waals surface area contributed by atoms with Crippen molar-refractivity contribution in [3.63, 3.8) is 0 Å². The zero-order valence-electron chi connectivity index (χ0n) is 16.4. The summed E-state index contributed by atoms with van der Waals surface area (Å²) in [5.41, 5.74) is 3.59. The molecule has 2 heterocycles. The summed E-state index contributed by atoms with van der Waals surface area (Å²) in [7, 11) is 0. The minimum absolute atomic E-state index is 0.163. The van der Waals surface area contributed by atoms with Gasteiger partial charge in [0, 0.05) is 9.90 Å². The van der Waals surface area contributed by atoms with E-state index in [1.807, 2.05) is 25.1 Å². The number of benzene rings is 1. The number of rotatable bonds is 5. The molecule has 0 saturated carbocycles. The van der Waals surface area contributed by atoms with Crippen molar-refractivity contribution in [2.45, 2.75) is 44.2 Å². The van der Waals surface area contributed by atoms with E-state index in [9.17, 15) is 10.1 Å². The van der Waals surface area contributed by atoms with E-state index >= 15 is 0 Å². The fourth-order valence-electron chi connectivity index (χ4n) is 3.47. The Kier molecular flexibility index (Phi) is 6.42. The van der Waals surface area contributed by atoms with Gasteiger partial charge in [0.05, 0.1) is 17.0 Å². The summed E-state index contributed by atoms with van der Waals surface area (Å²) >= 11 is 9.07. The molecule has 0 spiro atoms. The fraction of sp³-hybridized carbons (Fsp3) is 0.333. The molecule has 1 amide bonds. The van der Waals surface area contributed by atoms with E-state index in [0.29, 0.717) is 20.7 Å². The zero-order chi connectivity index (χ0) is 21.1. The maximum absolute atomic E-state index is 12.6. The van der Waals surface area contributed by atoms with Crippen LogP contribution in [0.3, 0.4) is 0 Å². The third kappa shape index (κ3) is 4.38. The SMILES string of the molecule is Cc1ccc(-n2cnnc2SCC(=O)Nc2sc3c(c2C#N)CCCCC3)cc1Cl. The number of aryl methyl sites for hydroxylation is 2. The summed E-state index contributed by atoms with van der Waals surface area (Å²) in [6, 6.07) is 8.02. The predicted octanol–water partition coefficient (Wildman–Crippen LogP) is 5.16. The molecular formula is C21H20ClN5OS2. The van der Waals surface area contributed by atoms with Crippen LogP contribution in [0.25, 0.3) is 5.69 Å². The van der Waals surface area contributed by atoms with Crippen LogP contribution in [0.15, 0.2) is 29.7 Å². The number of hydrogen-bond donors (Lipinski definition) is 1. The van der Waals surface area contributed by atoms with Gasteiger partial charge in [-0.2, -0.15) is 5.26 Å². The molecule has 154 valence electrons. The van der Waals surface area contributed by atoms with Gasteiger partial charge in [0.15, 0.2) is 5.16 Å². The standard InChI is InChI=1S/C21H20ClN5OS2/c1-13-7-8-14(9-17(13)22)27-12-24-26-21(27)29-11-19(28)25-20-16(10-23)15-5-3-2-4-6-18(15)30-20/h7-9,12H,2-6,11H2,1H3,(H,25,28). The van der Waals surface area contributed by atoms with Gasteiger partial charge in [0.1, 0.15) is 17.4 Å². The van der Waals surface area contributed by atoms with Gasteiger partial charge in [-0.1, -0.05) is 35.9 Å². The topological polar surface area (TPSA) is 83.6 Å². The van der Waals surface area contributed by atoms with Gasteiger partial charge in [-0.3, -0.25) is 9.36 Å². The number of anilines is 1. The Morgan fingerprint density at radius 3 is 3.00 bits per heavy atom. The number of carbonyl (C=O) groups excluding carboxylic acids is 1. The van der Waals surface area contributed by atoms with Crippen LogP contribution in [0, 0.1) is 18.3 Å². The Balaban J connectivity index is 1.45. The van der Waals surface area contributed by atoms with Crippen LogP contribution in [-0.4, -0.2) is 26.4 Å². The van der Waals surface area contributed by atoms with Crippen molar-refractivity contribution < 1.29 is 4.79 Å². The molecule has 4 rings (SSSR count). The number of fused-ring (bicyclic) bond motifs is 1. The lowest BCUT2D eigenvalue weighted by molar-refractivity contribution is -0.113. The maximum atomic E-state index is 12.6. The predicted molar refractivity (Wildman–Crippen MR) is 121 cm³/mol. The van der Waals surface area contributed by atoms with Crippen molar-refractivity contribution in [1.29, 1.82) is 5.26 Å². The van der Waals surface area contributed by atoms with Gasteiger partial charge in [0.25, 0.3) is 0 Å². The second-order valence-electron chi connectivity index (χ2n) is 7.13. The summed E-state index contributed by atoms with van der Waals surface area (Å²) < 4.78 is 1.80. The zero-order valence-corrected chi connectivity index (χ0v) is 18.8. The number of nitrogens with zero attached hydrogens (tertiary/aromatic N) is 4. The Morgan fingerprint density at radius 1 is 1.37 bits per heavy atom. The van der Waals surface area contributed by atoms with Crippen molar-refractivity contribution in [3.05, 3.63) is 51.1 Å². The molecule has 0 saturated heterocycles. The fourth-order valence-corrected chi connectivity index (χ4v) is 5.63. The highest BCUT2D eigenvalue weighted by Crippen LogP contribution is 2.37. The molecule has 0 radical (unpaired) electrons. The number of aromatic nitrogens is 3. The van der Waals surface area contributed by atoms with Crippen LogP contribution >= 0.6 is 34.7 Å². The minimum Gasteiger partial charge on any atom is -0.316 e. The van der Waals surface area contributed by atoms with E-state index < -0.39 is 0 Å². The van der Waals surface area contributed by atoms with Crippen molar-refractivity contribution in [2.75, 3.05) is 11.1 Å². The van der Waals surface area contributed by atoms with E-state index in [4.69, 9.17) is 11.6 Å². The first-order valence-electron chi connectivity index (χ1n) is 9.70. The van der Waals surface area contributed by atoms with Gasteiger partial charge in [-0.15, -0.1) is 21.5 Å². The van der Waals surface area contributed by atoms with Crippen molar-refractivity contribution in [2.24, 2.45) is 0 Å². The van der Waals surface area contributed by atoms with Gasteiger partial charge >= 0.3 is 0 Å². The van der Waals surface area contributed by atoms with Crippen molar-refractivity contribution in [1.82, 2.24) is 14.8 Å². The number of carbonyl (C=O) groups is 1. The smallest absolute Gasteiger partial charge is 0.235 e. The van der Waals surface area contributed by atoms with Crippen molar-refractivity contribution in [3.8, 4) is 11.8 Å². The third-order valence-electron chi connectivity index (χ3n) is 5.07. The highest BCUT2D eigenvalue weighted by molar-refractivity contribution is 7.99. The Morgan fingerprint density at radius 2 is 2.20 bits per heavy atom. The van der Waals surface area contributed by atoms with Gasteiger partial charge in [-0.05, 0) is 55.9 Å². The average Bonchev–Trinajstić information content (AvgIpc) is 3.25. The molecule has 1 aromatic carbocycles. The van der Waals surface area contributed by atoms with E-state index in [1.165, 1.54) is 23.1 Å². The van der Waals surface area contributed by atoms with Gasteiger partial charge < -0.3 is 5.32 Å². The largest absolute Gasteiger partial charge is 0.316 e. The van der Waals surface area contributed by atoms with Gasteiger partial charge in [0.2, 0.25) is 5.91 Å². The summed E-state index contributed by atoms with van der Waals surface area (Å²) in [4.78, 5) is 13.8. The normalized spacial score (nSPS) is 13.4. The van der Waals surface area contributed by atoms with Crippen molar-refractivity contribution >= 4 is 45.6 Å². The number of thiophene rings is 1. The molecule has 1 aliphatic carbocycles. The first-order valence-corrected chi connectivity index (χ1v) is 11.9. The number of hydrogen-bond acceptors (Lipinski definition) is 6. The van der Waals surface area contributed by atoms with E-state index in [-0.39, 0.29) is 11.7 Å². The monoisotopic (exact) mass is 457 g/mol. The van der Waals surface area contributed by atoms with Crippen LogP contribution in [0.4, 0.5) is 5.00 Å². The summed E-state index contributed by atoms with van der Waals surface area (Å²) in [6.07, 6.45) is 6.94. The van der Waals surface area contributed by atoms with E-state index in [2.05, 4.69) is 21.6 Å². The highest BCUT2D eigenvalue weighted by atomic mass is 35.5. The molecule has 30 heavy (non-hydrogen) atoms. The molecule has 0 unspecified atom stereocenters. The highest BCUT2D eigenvalue weighted by Gasteiger charge is 2.21. The van der Waals surface area contributed by atoms with E-state index in [1.54, 1.807) is 22.2 Å². The Hall–Kier alpha value is -2.34. The number of nitriles is 1. The van der Waals surface area contributed by atoms with E-state index in [0.717, 1.165) is 42.5 Å². The first-order chi connectivity index (χ1) is 14.6. The molecule has 9 heteroatoms. The minimum atomic E-state index is -0.163. The second kappa shape index (κ2) is 9.21. The summed E-state index contributed by atoms with van der Waals surface area (Å²) in [5, 5.41) is 22.6. The maximum Gasteiger partial charge on any atom is 0.235 e. The lowest BCUT2D eigenvalue weighted by Crippen LogP contribution is -2.14. The van der Waals surface area contributed by atoms with Crippen LogP contribution < -0.4 is 5.32 Å². The number of nitrogens with one attached hydrogen (secondary N) is 1. The molecule has 0 atom stereocenters. The Labute approximate surface area is 188 Å². The lowest BCUT2D eigenvalue weighted by Gasteiger charge is -2.08. The Bertz CT molecular complexity index is 1130. The molecular weight excluding hydrogens is 438 g/mol. The number of halogens is 1. The molecule has 3 aromatic rings. The second-order valence-corrected chi connectivity index (χ2v) is 9.59. The molecule has 0 aliphatic heterocycles. The average molecular weight is 458 g/mol. The quantitative estimate of drug-likeness (QED) is 0.422. The third-order valence-corrected chi connectivity index (χ3v) is 7.63. The molecule has 6 nitrogen and oxygen atoms in total. The van der Waals surface area contributed by atoms with Gasteiger partial charge in [-0.25, -0.2) is 0 Å². The number of amides is 1. The molecule has 2 aromatic heterocycles. The van der Waals surface area contributed by atoms with Crippen LogP contribution in [-0.2, 0) is 17.6 Å². The van der Waals surface area contributed by atoms with Crippen LogP contribution in [0.2, 0.25) is 5.02 Å². The lowest BCUT2D eigenvalue weighted by atomic mass is 10.1. The van der Waals surface area contributed by atoms with Crippen LogP contribution in [0.1, 0.15) is 40.8 Å². The summed E-state index contributed by atoms with van der Waals surface area (Å²) in [6.45, 7) is 1.94. The number of thioether (sulfide) groups is 1. The van der Waals surface area contributed by atoms with Crippen LogP contribution in [0.5, 0.6) is 0 Å². The molecule has 0 bridgehead atoms. The summed E-state index contributed by atoms with van der Waals surface area (Å²) in [5.74, 6) is 0.00975. The first kappa shape index (κ1) is 20.9.